The molecular formula is C38H56N2Ni. The molecule has 0 bridgehead atoms. The molecule has 0 N–H and O–H groups in total. The van der Waals surface area contributed by atoms with Gasteiger partial charge in [-0.15, -0.1) is 0 Å². The SMILES string of the molecule is CCCC/C=C/CCCc1ccccc1/N=C(/C=C/CCCCCCCCCCCCC)\C=N\c1ccccc1.[Ni]. The molecule has 2 nitrogen and oxygen atoms in total. The maximum absolute atomic E-state index is 5.07. The van der Waals surface area contributed by atoms with Crippen LogP contribution in [0, 0.1) is 0 Å². The molecule has 2 aromatic carbocycles. The minimum atomic E-state index is 0. The fraction of sp³-hybridized carbons (Fsp3) is 0.526. The van der Waals surface area contributed by atoms with Gasteiger partial charge in [0.15, 0.2) is 0 Å². The summed E-state index contributed by atoms with van der Waals surface area (Å²) < 4.78 is 0. The summed E-state index contributed by atoms with van der Waals surface area (Å²) in [6.07, 6.45) is 34.4. The third kappa shape index (κ3) is 19.5. The third-order valence-electron chi connectivity index (χ3n) is 7.31. The molecule has 0 radical (unpaired) electrons. The van der Waals surface area contributed by atoms with Crippen LogP contribution in [0.3, 0.4) is 0 Å². The Labute approximate surface area is 262 Å². The number of rotatable bonds is 23. The topological polar surface area (TPSA) is 24.7 Å². The summed E-state index contributed by atoms with van der Waals surface area (Å²) in [5, 5.41) is 0. The number of aryl methyl sites for hydroxylation is 1. The van der Waals surface area contributed by atoms with E-state index in [-0.39, 0.29) is 16.5 Å². The first kappa shape index (κ1) is 36.8. The van der Waals surface area contributed by atoms with Crippen LogP contribution in [0.4, 0.5) is 11.4 Å². The van der Waals surface area contributed by atoms with E-state index in [9.17, 15) is 0 Å². The molecule has 0 fully saturated rings. The van der Waals surface area contributed by atoms with Crippen LogP contribution >= 0.6 is 0 Å². The molecule has 228 valence electrons. The molecule has 0 aliphatic rings. The normalized spacial score (nSPS) is 12.1. The van der Waals surface area contributed by atoms with E-state index >= 15 is 0 Å². The van der Waals surface area contributed by atoms with Crippen molar-refractivity contribution in [3.63, 3.8) is 0 Å². The molecule has 41 heavy (non-hydrogen) atoms. The van der Waals surface area contributed by atoms with Gasteiger partial charge in [-0.05, 0) is 68.4 Å². The van der Waals surface area contributed by atoms with Crippen molar-refractivity contribution in [2.75, 3.05) is 0 Å². The van der Waals surface area contributed by atoms with Gasteiger partial charge in [0.05, 0.1) is 23.3 Å². The number of nitrogens with zero attached hydrogens (tertiary/aromatic N) is 2. The Kier molecular flexibility index (Phi) is 23.9. The average Bonchev–Trinajstić information content (AvgIpc) is 2.99. The number of benzene rings is 2. The van der Waals surface area contributed by atoms with E-state index in [2.05, 4.69) is 62.4 Å². The number of allylic oxidation sites excluding steroid dienone is 4. The van der Waals surface area contributed by atoms with Crippen molar-refractivity contribution < 1.29 is 16.5 Å². The first-order valence-electron chi connectivity index (χ1n) is 16.4. The predicted molar refractivity (Wildman–Crippen MR) is 180 cm³/mol. The Balaban J connectivity index is 0.00000840. The summed E-state index contributed by atoms with van der Waals surface area (Å²) in [6.45, 7) is 4.54. The van der Waals surface area contributed by atoms with Crippen molar-refractivity contribution in [1.82, 2.24) is 0 Å². The van der Waals surface area contributed by atoms with E-state index in [4.69, 9.17) is 9.98 Å². The Hall–Kier alpha value is -2.25. The summed E-state index contributed by atoms with van der Waals surface area (Å²) >= 11 is 0. The van der Waals surface area contributed by atoms with Gasteiger partial charge in [-0.3, -0.25) is 4.99 Å². The summed E-state index contributed by atoms with van der Waals surface area (Å²) in [7, 11) is 0. The van der Waals surface area contributed by atoms with E-state index in [0.29, 0.717) is 0 Å². The van der Waals surface area contributed by atoms with E-state index in [1.54, 1.807) is 0 Å². The second kappa shape index (κ2) is 26.6. The quantitative estimate of drug-likeness (QED) is 0.0525. The van der Waals surface area contributed by atoms with Crippen LogP contribution < -0.4 is 0 Å². The summed E-state index contributed by atoms with van der Waals surface area (Å²) in [5.41, 5.74) is 4.25. The van der Waals surface area contributed by atoms with Crippen LogP contribution in [-0.2, 0) is 22.9 Å². The van der Waals surface area contributed by atoms with Gasteiger partial charge in [0.2, 0.25) is 0 Å². The first-order chi connectivity index (χ1) is 19.8. The van der Waals surface area contributed by atoms with Gasteiger partial charge >= 0.3 is 0 Å². The monoisotopic (exact) mass is 598 g/mol. The number of aliphatic imine (C=N–C) groups is 2. The Morgan fingerprint density at radius 2 is 1.15 bits per heavy atom. The maximum atomic E-state index is 5.07. The molecule has 3 heteroatoms. The zero-order chi connectivity index (χ0) is 28.4. The van der Waals surface area contributed by atoms with Crippen molar-refractivity contribution in [3.05, 3.63) is 84.5 Å². The molecule has 0 spiro atoms. The maximum Gasteiger partial charge on any atom is 0.0816 e. The number of hydrogen-bond acceptors (Lipinski definition) is 2. The number of unbranched alkanes of at least 4 members (excludes halogenated alkanes) is 14. The Bertz CT molecular complexity index is 990. The summed E-state index contributed by atoms with van der Waals surface area (Å²) in [6, 6.07) is 18.7. The Morgan fingerprint density at radius 1 is 0.585 bits per heavy atom. The van der Waals surface area contributed by atoms with Gasteiger partial charge in [-0.1, -0.05) is 146 Å². The summed E-state index contributed by atoms with van der Waals surface area (Å²) in [4.78, 5) is 9.78. The number of hydrogen-bond donors (Lipinski definition) is 0. The first-order valence-corrected chi connectivity index (χ1v) is 16.4. The van der Waals surface area contributed by atoms with Gasteiger partial charge < -0.3 is 0 Å². The molecule has 0 aliphatic carbocycles. The van der Waals surface area contributed by atoms with E-state index in [0.717, 1.165) is 42.8 Å². The zero-order valence-corrected chi connectivity index (χ0v) is 27.0. The van der Waals surface area contributed by atoms with Gasteiger partial charge in [-0.2, -0.15) is 0 Å². The molecular weight excluding hydrogens is 543 g/mol. The van der Waals surface area contributed by atoms with Crippen molar-refractivity contribution >= 4 is 23.3 Å². The standard InChI is InChI=1S/C38H56N2.Ni/c1-3-5-7-9-11-12-13-14-15-16-18-20-23-32-37(34-39-36-30-24-21-25-31-36)40-38-33-27-26-29-35(38)28-22-19-17-10-8-6-4-2;/h10,17,21,23-27,29-34H,3-9,11-16,18-20,22,28H2,1-2H3;/b17-10+,32-23+,39-34+,40-37-;. The fourth-order valence-electron chi connectivity index (χ4n) is 4.83. The van der Waals surface area contributed by atoms with Crippen LogP contribution in [0.1, 0.15) is 129 Å². The minimum Gasteiger partial charge on any atom is -0.255 e. The van der Waals surface area contributed by atoms with E-state index in [1.807, 2.05) is 36.5 Å². The van der Waals surface area contributed by atoms with E-state index in [1.165, 1.54) is 95.5 Å². The van der Waals surface area contributed by atoms with Crippen molar-refractivity contribution in [1.29, 1.82) is 0 Å². The smallest absolute Gasteiger partial charge is 0.0816 e. The second-order valence-corrected chi connectivity index (χ2v) is 11.0. The molecule has 0 aromatic heterocycles. The van der Waals surface area contributed by atoms with Crippen LogP contribution in [0.15, 0.2) is 88.9 Å². The molecule has 0 aliphatic heterocycles. The molecule has 0 atom stereocenters. The van der Waals surface area contributed by atoms with Gasteiger partial charge in [0, 0.05) is 16.5 Å². The second-order valence-electron chi connectivity index (χ2n) is 11.0. The van der Waals surface area contributed by atoms with Crippen LogP contribution in [0.2, 0.25) is 0 Å². The minimum absolute atomic E-state index is 0. The largest absolute Gasteiger partial charge is 0.255 e. The zero-order valence-electron chi connectivity index (χ0n) is 26.0. The third-order valence-corrected chi connectivity index (χ3v) is 7.31. The van der Waals surface area contributed by atoms with Gasteiger partial charge in [-0.25, -0.2) is 4.99 Å². The molecule has 2 aromatic rings. The fourth-order valence-corrected chi connectivity index (χ4v) is 4.83. The van der Waals surface area contributed by atoms with Crippen molar-refractivity contribution in [3.8, 4) is 0 Å². The molecule has 0 unspecified atom stereocenters. The Morgan fingerprint density at radius 3 is 1.83 bits per heavy atom. The van der Waals surface area contributed by atoms with E-state index < -0.39 is 0 Å². The predicted octanol–water partition coefficient (Wildman–Crippen LogP) is 12.5. The molecule has 0 amide bonds. The van der Waals surface area contributed by atoms with Crippen LogP contribution in [-0.4, -0.2) is 11.9 Å². The molecule has 0 saturated heterocycles. The average molecular weight is 600 g/mol. The van der Waals surface area contributed by atoms with Crippen LogP contribution in [0.5, 0.6) is 0 Å². The van der Waals surface area contributed by atoms with Crippen molar-refractivity contribution in [2.24, 2.45) is 9.98 Å². The molecule has 2 rings (SSSR count). The summed E-state index contributed by atoms with van der Waals surface area (Å²) in [5.74, 6) is 0. The van der Waals surface area contributed by atoms with Crippen LogP contribution in [0.25, 0.3) is 0 Å². The van der Waals surface area contributed by atoms with Crippen molar-refractivity contribution in [2.45, 2.75) is 129 Å². The van der Waals surface area contributed by atoms with Gasteiger partial charge in [0.1, 0.15) is 0 Å². The molecule has 0 heterocycles. The molecule has 0 saturated carbocycles. The van der Waals surface area contributed by atoms with Gasteiger partial charge in [0.25, 0.3) is 0 Å². The number of para-hydroxylation sites is 2.